The van der Waals surface area contributed by atoms with Crippen LogP contribution in [0, 0.1) is 0 Å². The molecule has 3 heteroatoms. The smallest absolute Gasteiger partial charge is 0.170 e. The quantitative estimate of drug-likeness (QED) is 0.414. The van der Waals surface area contributed by atoms with Crippen LogP contribution in [0.5, 0.6) is 0 Å². The van der Waals surface area contributed by atoms with E-state index in [1.54, 1.807) is 0 Å². The molecule has 0 aromatic rings. The normalized spacial score (nSPS) is 11.6. The Balaban J connectivity index is 3.62. The van der Waals surface area contributed by atoms with E-state index in [0.29, 0.717) is 13.2 Å². The molecule has 0 fully saturated rings. The predicted molar refractivity (Wildman–Crippen MR) is 64.1 cm³/mol. The highest BCUT2D eigenvalue weighted by molar-refractivity contribution is 4.55. The second kappa shape index (κ2) is 10.4. The van der Waals surface area contributed by atoms with Gasteiger partial charge in [-0.05, 0) is 33.9 Å². The summed E-state index contributed by atoms with van der Waals surface area (Å²) in [6, 6.07) is 0. The zero-order valence-corrected chi connectivity index (χ0v) is 10.8. The van der Waals surface area contributed by atoms with Gasteiger partial charge in [0, 0.05) is 19.8 Å². The Morgan fingerprint density at radius 3 is 2.07 bits per heavy atom. The minimum Gasteiger partial charge on any atom is -0.352 e. The molecule has 0 rings (SSSR count). The van der Waals surface area contributed by atoms with Crippen LogP contribution in [-0.2, 0) is 9.47 Å². The predicted octanol–water partition coefficient (Wildman–Crippen LogP) is 2.51. The minimum absolute atomic E-state index is 0.0633. The fourth-order valence-corrected chi connectivity index (χ4v) is 1.50. The van der Waals surface area contributed by atoms with E-state index in [4.69, 9.17) is 9.47 Å². The maximum Gasteiger partial charge on any atom is 0.170 e. The van der Waals surface area contributed by atoms with Crippen molar-refractivity contribution in [2.45, 2.75) is 46.3 Å². The van der Waals surface area contributed by atoms with Crippen LogP contribution in [0.4, 0.5) is 0 Å². The lowest BCUT2D eigenvalue weighted by Gasteiger charge is -2.23. The van der Waals surface area contributed by atoms with E-state index >= 15 is 0 Å². The zero-order chi connectivity index (χ0) is 11.5. The average Bonchev–Trinajstić information content (AvgIpc) is 2.19. The molecular formula is C12H27NO2. The summed E-state index contributed by atoms with van der Waals surface area (Å²) in [5.41, 5.74) is 0. The molecule has 15 heavy (non-hydrogen) atoms. The second-order valence-corrected chi connectivity index (χ2v) is 3.81. The first-order valence-electron chi connectivity index (χ1n) is 6.16. The standard InChI is InChI=1S/C12H27NO2/c1-5-8-9-10-13(4)11-12(14-6-2)15-7-3/h12H,5-11H2,1-4H3. The summed E-state index contributed by atoms with van der Waals surface area (Å²) >= 11 is 0. The molecule has 0 saturated carbocycles. The Kier molecular flexibility index (Phi) is 10.3. The molecule has 0 spiro atoms. The van der Waals surface area contributed by atoms with Crippen LogP contribution in [0.25, 0.3) is 0 Å². The minimum atomic E-state index is -0.0633. The van der Waals surface area contributed by atoms with Gasteiger partial charge in [-0.3, -0.25) is 0 Å². The number of hydrogen-bond donors (Lipinski definition) is 0. The molecule has 92 valence electrons. The molecular weight excluding hydrogens is 190 g/mol. The van der Waals surface area contributed by atoms with Crippen LogP contribution >= 0.6 is 0 Å². The number of likely N-dealkylation sites (N-methyl/N-ethyl adjacent to an activating group) is 1. The molecule has 0 aromatic carbocycles. The van der Waals surface area contributed by atoms with Crippen molar-refractivity contribution in [2.24, 2.45) is 0 Å². The molecule has 0 radical (unpaired) electrons. The second-order valence-electron chi connectivity index (χ2n) is 3.81. The first kappa shape index (κ1) is 14.9. The maximum absolute atomic E-state index is 5.50. The van der Waals surface area contributed by atoms with Crippen molar-refractivity contribution in [3.05, 3.63) is 0 Å². The Morgan fingerprint density at radius 1 is 1.00 bits per heavy atom. The molecule has 0 aliphatic rings. The monoisotopic (exact) mass is 217 g/mol. The van der Waals surface area contributed by atoms with E-state index in [0.717, 1.165) is 13.1 Å². The van der Waals surface area contributed by atoms with E-state index in [2.05, 4.69) is 18.9 Å². The van der Waals surface area contributed by atoms with E-state index < -0.39 is 0 Å². The summed E-state index contributed by atoms with van der Waals surface area (Å²) in [5.74, 6) is 0. The Bertz CT molecular complexity index is 125. The number of nitrogens with zero attached hydrogens (tertiary/aromatic N) is 1. The highest BCUT2D eigenvalue weighted by atomic mass is 16.7. The lowest BCUT2D eigenvalue weighted by molar-refractivity contribution is -0.145. The van der Waals surface area contributed by atoms with Crippen molar-refractivity contribution in [3.8, 4) is 0 Å². The van der Waals surface area contributed by atoms with Gasteiger partial charge in [-0.25, -0.2) is 0 Å². The van der Waals surface area contributed by atoms with Gasteiger partial charge in [0.2, 0.25) is 0 Å². The van der Waals surface area contributed by atoms with Crippen molar-refractivity contribution >= 4 is 0 Å². The van der Waals surface area contributed by atoms with Crippen LogP contribution in [0.15, 0.2) is 0 Å². The Morgan fingerprint density at radius 2 is 1.60 bits per heavy atom. The number of rotatable bonds is 10. The molecule has 0 heterocycles. The molecule has 3 nitrogen and oxygen atoms in total. The highest BCUT2D eigenvalue weighted by Crippen LogP contribution is 2.01. The highest BCUT2D eigenvalue weighted by Gasteiger charge is 2.10. The first-order valence-corrected chi connectivity index (χ1v) is 6.16. The molecule has 0 amide bonds. The lowest BCUT2D eigenvalue weighted by Crippen LogP contribution is -2.33. The average molecular weight is 217 g/mol. The molecule has 0 aliphatic carbocycles. The van der Waals surface area contributed by atoms with Gasteiger partial charge in [-0.2, -0.15) is 0 Å². The van der Waals surface area contributed by atoms with Gasteiger partial charge in [0.25, 0.3) is 0 Å². The topological polar surface area (TPSA) is 21.7 Å². The van der Waals surface area contributed by atoms with Crippen molar-refractivity contribution in [1.82, 2.24) is 4.90 Å². The van der Waals surface area contributed by atoms with Crippen molar-refractivity contribution in [3.63, 3.8) is 0 Å². The van der Waals surface area contributed by atoms with Gasteiger partial charge < -0.3 is 14.4 Å². The van der Waals surface area contributed by atoms with Crippen LogP contribution in [0.1, 0.15) is 40.0 Å². The van der Waals surface area contributed by atoms with E-state index in [1.807, 2.05) is 13.8 Å². The SMILES string of the molecule is CCCCCN(C)CC(OCC)OCC. The van der Waals surface area contributed by atoms with Crippen LogP contribution in [0.3, 0.4) is 0 Å². The Hall–Kier alpha value is -0.120. The van der Waals surface area contributed by atoms with Gasteiger partial charge in [0.1, 0.15) is 0 Å². The molecule has 0 unspecified atom stereocenters. The van der Waals surface area contributed by atoms with E-state index in [-0.39, 0.29) is 6.29 Å². The van der Waals surface area contributed by atoms with Gasteiger partial charge in [0.15, 0.2) is 6.29 Å². The van der Waals surface area contributed by atoms with Gasteiger partial charge in [0.05, 0.1) is 0 Å². The molecule has 0 N–H and O–H groups in total. The van der Waals surface area contributed by atoms with Crippen LogP contribution < -0.4 is 0 Å². The van der Waals surface area contributed by atoms with Crippen molar-refractivity contribution < 1.29 is 9.47 Å². The summed E-state index contributed by atoms with van der Waals surface area (Å²) in [4.78, 5) is 2.28. The van der Waals surface area contributed by atoms with Crippen molar-refractivity contribution in [2.75, 3.05) is 33.4 Å². The summed E-state index contributed by atoms with van der Waals surface area (Å²) in [7, 11) is 2.13. The third kappa shape index (κ3) is 8.85. The van der Waals surface area contributed by atoms with Crippen molar-refractivity contribution in [1.29, 1.82) is 0 Å². The molecule has 0 atom stereocenters. The molecule has 0 aromatic heterocycles. The summed E-state index contributed by atoms with van der Waals surface area (Å²) in [5, 5.41) is 0. The zero-order valence-electron chi connectivity index (χ0n) is 10.8. The maximum atomic E-state index is 5.50. The van der Waals surface area contributed by atoms with Crippen LogP contribution in [-0.4, -0.2) is 44.5 Å². The lowest BCUT2D eigenvalue weighted by atomic mass is 10.2. The third-order valence-corrected chi connectivity index (χ3v) is 2.31. The first-order chi connectivity index (χ1) is 7.24. The summed E-state index contributed by atoms with van der Waals surface area (Å²) in [6.45, 7) is 9.66. The third-order valence-electron chi connectivity index (χ3n) is 2.31. The fourth-order valence-electron chi connectivity index (χ4n) is 1.50. The van der Waals surface area contributed by atoms with Gasteiger partial charge >= 0.3 is 0 Å². The summed E-state index contributed by atoms with van der Waals surface area (Å²) in [6.07, 6.45) is 3.77. The number of hydrogen-bond acceptors (Lipinski definition) is 3. The molecule has 0 aliphatic heterocycles. The molecule has 0 saturated heterocycles. The van der Waals surface area contributed by atoms with E-state index in [9.17, 15) is 0 Å². The van der Waals surface area contributed by atoms with E-state index in [1.165, 1.54) is 19.3 Å². The van der Waals surface area contributed by atoms with Crippen LogP contribution in [0.2, 0.25) is 0 Å². The largest absolute Gasteiger partial charge is 0.352 e. The fraction of sp³-hybridized carbons (Fsp3) is 1.00. The number of unbranched alkanes of at least 4 members (excludes halogenated alkanes) is 2. The summed E-state index contributed by atoms with van der Waals surface area (Å²) < 4.78 is 11.0. The number of ether oxygens (including phenoxy) is 2. The molecule has 0 bridgehead atoms. The van der Waals surface area contributed by atoms with Gasteiger partial charge in [-0.1, -0.05) is 19.8 Å². The Labute approximate surface area is 94.7 Å². The van der Waals surface area contributed by atoms with Gasteiger partial charge in [-0.15, -0.1) is 0 Å².